The van der Waals surface area contributed by atoms with Crippen LogP contribution in [0.25, 0.3) is 0 Å². The number of nitrogen functional groups attached to an aromatic ring is 1. The molecule has 8 nitrogen and oxygen atoms in total. The summed E-state index contributed by atoms with van der Waals surface area (Å²) in [4.78, 5) is 11.4. The molecule has 1 fully saturated rings. The Morgan fingerprint density at radius 3 is 2.95 bits per heavy atom. The van der Waals surface area contributed by atoms with Gasteiger partial charge in [0.2, 0.25) is 10.0 Å². The topological polar surface area (TPSA) is 118 Å². The van der Waals surface area contributed by atoms with Gasteiger partial charge in [0.05, 0.1) is 19.2 Å². The van der Waals surface area contributed by atoms with Gasteiger partial charge in [-0.2, -0.15) is 9.40 Å². The number of hydrogen-bond donors (Lipinski definition) is 2. The van der Waals surface area contributed by atoms with Crippen LogP contribution in [0.2, 0.25) is 0 Å². The Kier molecular flexibility index (Phi) is 3.76. The number of piperidine rings is 1. The van der Waals surface area contributed by atoms with Gasteiger partial charge in [0, 0.05) is 13.1 Å². The summed E-state index contributed by atoms with van der Waals surface area (Å²) < 4.78 is 30.6. The largest absolute Gasteiger partial charge is 0.469 e. The molecule has 2 heterocycles. The Balaban J connectivity index is 2.22. The third-order valence-corrected chi connectivity index (χ3v) is 5.06. The van der Waals surface area contributed by atoms with Crippen molar-refractivity contribution in [2.24, 2.45) is 5.92 Å². The predicted octanol–water partition coefficient (Wildman–Crippen LogP) is -0.434. The Bertz CT molecular complexity index is 568. The number of rotatable bonds is 3. The highest BCUT2D eigenvalue weighted by molar-refractivity contribution is 7.89. The average Bonchev–Trinajstić information content (AvgIpc) is 2.85. The zero-order valence-electron chi connectivity index (χ0n) is 10.5. The van der Waals surface area contributed by atoms with E-state index in [0.717, 1.165) is 0 Å². The van der Waals surface area contributed by atoms with E-state index in [1.54, 1.807) is 0 Å². The Hall–Kier alpha value is -1.61. The van der Waals surface area contributed by atoms with E-state index in [2.05, 4.69) is 14.9 Å². The Morgan fingerprint density at radius 2 is 2.37 bits per heavy atom. The molecule has 1 atom stereocenters. The summed E-state index contributed by atoms with van der Waals surface area (Å²) in [6.45, 7) is 0.472. The Morgan fingerprint density at radius 1 is 1.63 bits per heavy atom. The number of ether oxygens (including phenoxy) is 1. The summed E-state index contributed by atoms with van der Waals surface area (Å²) >= 11 is 0. The lowest BCUT2D eigenvalue weighted by molar-refractivity contribution is -0.146. The predicted molar refractivity (Wildman–Crippen MR) is 66.5 cm³/mol. The lowest BCUT2D eigenvalue weighted by Gasteiger charge is -2.30. The first-order valence-electron chi connectivity index (χ1n) is 5.83. The van der Waals surface area contributed by atoms with E-state index in [1.807, 2.05) is 0 Å². The molecular weight excluding hydrogens is 272 g/mol. The maximum Gasteiger partial charge on any atom is 0.309 e. The van der Waals surface area contributed by atoms with E-state index in [4.69, 9.17) is 5.73 Å². The number of sulfonamides is 1. The van der Waals surface area contributed by atoms with Crippen LogP contribution in [0.5, 0.6) is 0 Å². The fourth-order valence-electron chi connectivity index (χ4n) is 2.15. The third-order valence-electron chi connectivity index (χ3n) is 3.17. The van der Waals surface area contributed by atoms with Gasteiger partial charge < -0.3 is 10.5 Å². The minimum atomic E-state index is -3.72. The molecule has 1 unspecified atom stereocenters. The van der Waals surface area contributed by atoms with Gasteiger partial charge in [-0.3, -0.25) is 9.89 Å². The maximum absolute atomic E-state index is 12.4. The normalized spacial score (nSPS) is 21.2. The summed E-state index contributed by atoms with van der Waals surface area (Å²) in [7, 11) is -2.42. The molecule has 19 heavy (non-hydrogen) atoms. The second kappa shape index (κ2) is 5.17. The van der Waals surface area contributed by atoms with Gasteiger partial charge in [-0.25, -0.2) is 8.42 Å². The number of nitrogens with one attached hydrogen (secondary N) is 1. The molecule has 1 aliphatic heterocycles. The van der Waals surface area contributed by atoms with Crippen LogP contribution in [-0.4, -0.2) is 49.1 Å². The number of hydrogen-bond acceptors (Lipinski definition) is 6. The molecule has 9 heteroatoms. The van der Waals surface area contributed by atoms with E-state index in [9.17, 15) is 13.2 Å². The number of carbonyl (C=O) groups excluding carboxylic acids is 1. The number of nitrogens with two attached hydrogens (primary N) is 1. The fraction of sp³-hybridized carbons (Fsp3) is 0.600. The second-order valence-electron chi connectivity index (χ2n) is 4.37. The van der Waals surface area contributed by atoms with Crippen LogP contribution in [0.4, 0.5) is 5.82 Å². The SMILES string of the molecule is COC(=O)C1CCCN(S(=O)(=O)c2cn[nH]c2N)C1. The van der Waals surface area contributed by atoms with Crippen LogP contribution >= 0.6 is 0 Å². The molecule has 0 aliphatic carbocycles. The van der Waals surface area contributed by atoms with Crippen molar-refractivity contribution in [3.63, 3.8) is 0 Å². The van der Waals surface area contributed by atoms with Gasteiger partial charge in [-0.1, -0.05) is 0 Å². The summed E-state index contributed by atoms with van der Waals surface area (Å²) in [5.74, 6) is -0.818. The zero-order valence-corrected chi connectivity index (χ0v) is 11.3. The van der Waals surface area contributed by atoms with Crippen molar-refractivity contribution in [1.29, 1.82) is 0 Å². The Labute approximate surface area is 111 Å². The van der Waals surface area contributed by atoms with Crippen molar-refractivity contribution in [2.45, 2.75) is 17.7 Å². The van der Waals surface area contributed by atoms with Crippen LogP contribution < -0.4 is 5.73 Å². The summed E-state index contributed by atoms with van der Waals surface area (Å²) in [6, 6.07) is 0. The van der Waals surface area contributed by atoms with Crippen LogP contribution in [0.1, 0.15) is 12.8 Å². The van der Waals surface area contributed by atoms with Gasteiger partial charge in [0.1, 0.15) is 10.7 Å². The highest BCUT2D eigenvalue weighted by Gasteiger charge is 2.35. The van der Waals surface area contributed by atoms with Crippen LogP contribution in [-0.2, 0) is 19.6 Å². The molecule has 1 aromatic heterocycles. The molecule has 0 radical (unpaired) electrons. The maximum atomic E-state index is 12.4. The van der Waals surface area contributed by atoms with E-state index in [-0.39, 0.29) is 23.2 Å². The lowest BCUT2D eigenvalue weighted by Crippen LogP contribution is -2.42. The van der Waals surface area contributed by atoms with E-state index < -0.39 is 15.9 Å². The molecule has 106 valence electrons. The summed E-state index contributed by atoms with van der Waals surface area (Å²) in [5, 5.41) is 5.99. The van der Waals surface area contributed by atoms with Gasteiger partial charge in [-0.15, -0.1) is 0 Å². The van der Waals surface area contributed by atoms with Crippen molar-refractivity contribution < 1.29 is 17.9 Å². The number of carbonyl (C=O) groups is 1. The first-order chi connectivity index (χ1) is 8.96. The number of esters is 1. The van der Waals surface area contributed by atoms with Crippen LogP contribution in [0, 0.1) is 5.92 Å². The average molecular weight is 288 g/mol. The van der Waals surface area contributed by atoms with Gasteiger partial charge >= 0.3 is 5.97 Å². The molecule has 0 saturated carbocycles. The van der Waals surface area contributed by atoms with Gasteiger partial charge in [-0.05, 0) is 12.8 Å². The van der Waals surface area contributed by atoms with E-state index >= 15 is 0 Å². The minimum absolute atomic E-state index is 0.000177. The van der Waals surface area contributed by atoms with Crippen molar-refractivity contribution in [2.75, 3.05) is 25.9 Å². The number of methoxy groups -OCH3 is 1. The van der Waals surface area contributed by atoms with Crippen molar-refractivity contribution in [3.05, 3.63) is 6.20 Å². The van der Waals surface area contributed by atoms with Gasteiger partial charge in [0.15, 0.2) is 0 Å². The van der Waals surface area contributed by atoms with Crippen molar-refractivity contribution in [1.82, 2.24) is 14.5 Å². The fourth-order valence-corrected chi connectivity index (χ4v) is 3.68. The molecule has 0 amide bonds. The van der Waals surface area contributed by atoms with E-state index in [0.29, 0.717) is 19.4 Å². The highest BCUT2D eigenvalue weighted by Crippen LogP contribution is 2.26. The number of nitrogens with zero attached hydrogens (tertiary/aromatic N) is 2. The standard InChI is InChI=1S/C10H16N4O4S/c1-18-10(15)7-3-2-4-14(6-7)19(16,17)8-5-12-13-9(8)11/h5,7H,2-4,6H2,1H3,(H3,11,12,13). The van der Waals surface area contributed by atoms with E-state index in [1.165, 1.54) is 17.6 Å². The second-order valence-corrected chi connectivity index (χ2v) is 6.28. The minimum Gasteiger partial charge on any atom is -0.469 e. The molecule has 1 aliphatic rings. The summed E-state index contributed by atoms with van der Waals surface area (Å²) in [6.07, 6.45) is 2.41. The zero-order chi connectivity index (χ0) is 14.0. The molecule has 1 saturated heterocycles. The molecule has 2 rings (SSSR count). The smallest absolute Gasteiger partial charge is 0.309 e. The number of anilines is 1. The van der Waals surface area contributed by atoms with Crippen LogP contribution in [0.3, 0.4) is 0 Å². The molecular formula is C10H16N4O4S. The molecule has 3 N–H and O–H groups in total. The first-order valence-corrected chi connectivity index (χ1v) is 7.27. The lowest BCUT2D eigenvalue weighted by atomic mass is 10.0. The molecule has 0 aromatic carbocycles. The van der Waals surface area contributed by atoms with Crippen LogP contribution in [0.15, 0.2) is 11.1 Å². The first kappa shape index (κ1) is 13.8. The quantitative estimate of drug-likeness (QED) is 0.728. The number of H-pyrrole nitrogens is 1. The third kappa shape index (κ3) is 2.56. The number of aromatic nitrogens is 2. The molecule has 1 aromatic rings. The summed E-state index contributed by atoms with van der Waals surface area (Å²) in [5.41, 5.74) is 5.54. The molecule has 0 spiro atoms. The highest BCUT2D eigenvalue weighted by atomic mass is 32.2. The van der Waals surface area contributed by atoms with Gasteiger partial charge in [0.25, 0.3) is 0 Å². The number of aromatic amines is 1. The monoisotopic (exact) mass is 288 g/mol. The van der Waals surface area contributed by atoms with Crippen molar-refractivity contribution in [3.8, 4) is 0 Å². The van der Waals surface area contributed by atoms with Crippen molar-refractivity contribution >= 4 is 21.8 Å². The molecule has 0 bridgehead atoms.